The van der Waals surface area contributed by atoms with E-state index in [0.29, 0.717) is 11.4 Å². The molecule has 2 aromatic heterocycles. The molecular weight excluding hydrogens is 294 g/mol. The number of benzene rings is 1. The van der Waals surface area contributed by atoms with Gasteiger partial charge in [0, 0.05) is 10.4 Å². The van der Waals surface area contributed by atoms with E-state index >= 15 is 0 Å². The zero-order chi connectivity index (χ0) is 15.5. The molecule has 0 saturated heterocycles. The van der Waals surface area contributed by atoms with Gasteiger partial charge in [-0.1, -0.05) is 35.0 Å². The number of allylic oxidation sites excluding steroid dienone is 1. The van der Waals surface area contributed by atoms with Crippen molar-refractivity contribution in [2.45, 2.75) is 13.8 Å². The summed E-state index contributed by atoms with van der Waals surface area (Å²) in [7, 11) is 0. The fourth-order valence-electron chi connectivity index (χ4n) is 1.96. The van der Waals surface area contributed by atoms with Crippen molar-refractivity contribution in [2.75, 3.05) is 0 Å². The molecule has 4 nitrogen and oxygen atoms in total. The second-order valence-electron chi connectivity index (χ2n) is 4.93. The van der Waals surface area contributed by atoms with Gasteiger partial charge < -0.3 is 4.52 Å². The van der Waals surface area contributed by atoms with E-state index in [4.69, 9.17) is 4.52 Å². The first-order valence-electron chi connectivity index (χ1n) is 6.74. The van der Waals surface area contributed by atoms with Gasteiger partial charge in [0.2, 0.25) is 5.82 Å². The van der Waals surface area contributed by atoms with Crippen molar-refractivity contribution < 1.29 is 4.52 Å². The van der Waals surface area contributed by atoms with E-state index in [1.165, 1.54) is 5.56 Å². The van der Waals surface area contributed by atoms with Crippen LogP contribution in [0.5, 0.6) is 0 Å². The normalized spacial score (nSPS) is 11.4. The molecule has 0 aliphatic heterocycles. The molecule has 0 N–H and O–H groups in total. The van der Waals surface area contributed by atoms with E-state index in [-0.39, 0.29) is 5.89 Å². The third-order valence-corrected chi connectivity index (χ3v) is 4.23. The fraction of sp³-hybridized carbons (Fsp3) is 0.118. The van der Waals surface area contributed by atoms with Crippen LogP contribution in [-0.2, 0) is 0 Å². The summed E-state index contributed by atoms with van der Waals surface area (Å²) in [5, 5.41) is 15.3. The lowest BCUT2D eigenvalue weighted by Crippen LogP contribution is -1.84. The molecule has 0 saturated carbocycles. The van der Waals surface area contributed by atoms with Crippen LogP contribution in [-0.4, -0.2) is 10.1 Å². The molecule has 0 fully saturated rings. The van der Waals surface area contributed by atoms with E-state index in [9.17, 15) is 5.26 Å². The average molecular weight is 307 g/mol. The minimum Gasteiger partial charge on any atom is -0.333 e. The number of nitriles is 1. The smallest absolute Gasteiger partial charge is 0.268 e. The van der Waals surface area contributed by atoms with Crippen LogP contribution in [0, 0.1) is 25.2 Å². The Labute approximate surface area is 132 Å². The number of hydrogen-bond donors (Lipinski definition) is 0. The third kappa shape index (κ3) is 2.83. The largest absolute Gasteiger partial charge is 0.333 e. The van der Waals surface area contributed by atoms with Crippen molar-refractivity contribution in [3.63, 3.8) is 0 Å². The van der Waals surface area contributed by atoms with E-state index < -0.39 is 0 Å². The fourth-order valence-corrected chi connectivity index (χ4v) is 2.82. The zero-order valence-electron chi connectivity index (χ0n) is 12.2. The summed E-state index contributed by atoms with van der Waals surface area (Å²) >= 11 is 1.58. The number of aryl methyl sites for hydroxylation is 2. The lowest BCUT2D eigenvalue weighted by Gasteiger charge is -1.94. The van der Waals surface area contributed by atoms with Crippen LogP contribution in [0.1, 0.15) is 21.9 Å². The Morgan fingerprint density at radius 3 is 2.64 bits per heavy atom. The Morgan fingerprint density at radius 2 is 2.00 bits per heavy atom. The van der Waals surface area contributed by atoms with E-state index in [1.54, 1.807) is 17.4 Å². The molecule has 0 atom stereocenters. The van der Waals surface area contributed by atoms with E-state index in [2.05, 4.69) is 16.2 Å². The number of thiophene rings is 1. The van der Waals surface area contributed by atoms with Crippen LogP contribution in [0.4, 0.5) is 0 Å². The SMILES string of the molecule is Cc1ccc(-c2noc(/C(C#N)=C/c3sccc3C)n2)cc1. The minimum atomic E-state index is 0.242. The maximum absolute atomic E-state index is 9.34. The van der Waals surface area contributed by atoms with Gasteiger partial charge in [-0.2, -0.15) is 10.2 Å². The Bertz CT molecular complexity index is 866. The predicted molar refractivity (Wildman–Crippen MR) is 87.0 cm³/mol. The second kappa shape index (κ2) is 5.96. The molecule has 5 heteroatoms. The summed E-state index contributed by atoms with van der Waals surface area (Å²) < 4.78 is 5.24. The van der Waals surface area contributed by atoms with Crippen molar-refractivity contribution in [3.8, 4) is 17.5 Å². The summed E-state index contributed by atoms with van der Waals surface area (Å²) in [6.07, 6.45) is 1.78. The molecule has 0 aliphatic rings. The Hall–Kier alpha value is -2.71. The first kappa shape index (κ1) is 14.2. The number of rotatable bonds is 3. The summed E-state index contributed by atoms with van der Waals surface area (Å²) in [4.78, 5) is 5.35. The third-order valence-electron chi connectivity index (χ3n) is 3.26. The second-order valence-corrected chi connectivity index (χ2v) is 5.87. The van der Waals surface area contributed by atoms with Gasteiger partial charge in [-0.15, -0.1) is 11.3 Å². The summed E-state index contributed by atoms with van der Waals surface area (Å²) in [5.41, 5.74) is 3.52. The van der Waals surface area contributed by atoms with Crippen molar-refractivity contribution in [2.24, 2.45) is 0 Å². The van der Waals surface area contributed by atoms with Gasteiger partial charge in [-0.3, -0.25) is 0 Å². The average Bonchev–Trinajstić information content (AvgIpc) is 3.15. The molecule has 2 heterocycles. The van der Waals surface area contributed by atoms with Gasteiger partial charge in [0.05, 0.1) is 0 Å². The molecular formula is C17H13N3OS. The van der Waals surface area contributed by atoms with Crippen molar-refractivity contribution in [1.29, 1.82) is 5.26 Å². The summed E-state index contributed by atoms with van der Waals surface area (Å²) in [6.45, 7) is 4.02. The van der Waals surface area contributed by atoms with Gasteiger partial charge in [0.1, 0.15) is 11.6 Å². The predicted octanol–water partition coefficient (Wildman–Crippen LogP) is 4.48. The highest BCUT2D eigenvalue weighted by Crippen LogP contribution is 2.24. The molecule has 22 heavy (non-hydrogen) atoms. The van der Waals surface area contributed by atoms with Gasteiger partial charge in [-0.25, -0.2) is 0 Å². The van der Waals surface area contributed by atoms with Crippen molar-refractivity contribution >= 4 is 23.0 Å². The van der Waals surface area contributed by atoms with Crippen LogP contribution in [0.2, 0.25) is 0 Å². The Kier molecular flexibility index (Phi) is 3.86. The quantitative estimate of drug-likeness (QED) is 0.669. The maximum Gasteiger partial charge on any atom is 0.268 e. The molecule has 0 radical (unpaired) electrons. The maximum atomic E-state index is 9.34. The van der Waals surface area contributed by atoms with Crippen LogP contribution >= 0.6 is 11.3 Å². The first-order valence-corrected chi connectivity index (χ1v) is 7.62. The lowest BCUT2D eigenvalue weighted by molar-refractivity contribution is 0.409. The molecule has 0 unspecified atom stereocenters. The van der Waals surface area contributed by atoms with Crippen LogP contribution < -0.4 is 0 Å². The van der Waals surface area contributed by atoms with Crippen LogP contribution in [0.3, 0.4) is 0 Å². The molecule has 3 rings (SSSR count). The van der Waals surface area contributed by atoms with Gasteiger partial charge in [0.15, 0.2) is 0 Å². The van der Waals surface area contributed by atoms with Crippen LogP contribution in [0.15, 0.2) is 40.2 Å². The van der Waals surface area contributed by atoms with Gasteiger partial charge >= 0.3 is 0 Å². The standard InChI is InChI=1S/C17H13N3OS/c1-11-3-5-13(6-4-11)16-19-17(21-20-16)14(10-18)9-15-12(2)7-8-22-15/h3-9H,1-2H3/b14-9+. The Balaban J connectivity index is 1.95. The summed E-state index contributed by atoms with van der Waals surface area (Å²) in [6, 6.07) is 12.0. The highest BCUT2D eigenvalue weighted by atomic mass is 32.1. The molecule has 0 bridgehead atoms. The monoisotopic (exact) mass is 307 g/mol. The Morgan fingerprint density at radius 1 is 1.23 bits per heavy atom. The highest BCUT2D eigenvalue weighted by molar-refractivity contribution is 7.11. The molecule has 0 amide bonds. The topological polar surface area (TPSA) is 62.7 Å². The zero-order valence-corrected chi connectivity index (χ0v) is 13.0. The number of aromatic nitrogens is 2. The molecule has 3 aromatic rings. The van der Waals surface area contributed by atoms with E-state index in [1.807, 2.05) is 49.6 Å². The van der Waals surface area contributed by atoms with Crippen LogP contribution in [0.25, 0.3) is 23.0 Å². The molecule has 0 aliphatic carbocycles. The molecule has 1 aromatic carbocycles. The van der Waals surface area contributed by atoms with E-state index in [0.717, 1.165) is 16.0 Å². The van der Waals surface area contributed by atoms with Gasteiger partial charge in [0.25, 0.3) is 5.89 Å². The van der Waals surface area contributed by atoms with Gasteiger partial charge in [-0.05, 0) is 36.9 Å². The van der Waals surface area contributed by atoms with Crippen molar-refractivity contribution in [3.05, 3.63) is 57.6 Å². The minimum absolute atomic E-state index is 0.242. The molecule has 108 valence electrons. The van der Waals surface area contributed by atoms with Crippen molar-refractivity contribution in [1.82, 2.24) is 10.1 Å². The number of nitrogens with zero attached hydrogens (tertiary/aromatic N) is 3. The molecule has 0 spiro atoms. The lowest BCUT2D eigenvalue weighted by atomic mass is 10.1. The highest BCUT2D eigenvalue weighted by Gasteiger charge is 2.13. The number of hydrogen-bond acceptors (Lipinski definition) is 5. The summed E-state index contributed by atoms with van der Waals surface area (Å²) in [5.74, 6) is 0.727. The first-order chi connectivity index (χ1) is 10.7.